The smallest absolute Gasteiger partial charge is 0.434 e. The van der Waals surface area contributed by atoms with Crippen molar-refractivity contribution in [3.05, 3.63) is 70.2 Å². The van der Waals surface area contributed by atoms with E-state index in [1.54, 1.807) is 37.3 Å². The number of nitrogens with one attached hydrogen (secondary N) is 1. The van der Waals surface area contributed by atoms with Crippen LogP contribution in [0.25, 0.3) is 6.08 Å². The van der Waals surface area contributed by atoms with Crippen LogP contribution in [0.15, 0.2) is 59.1 Å². The Labute approximate surface area is 201 Å². The predicted octanol–water partition coefficient (Wildman–Crippen LogP) is 4.67. The monoisotopic (exact) mass is 514 g/mol. The molecule has 0 radical (unpaired) electrons. The van der Waals surface area contributed by atoms with Crippen molar-refractivity contribution in [2.75, 3.05) is 26.2 Å². The maximum atomic E-state index is 12.8. The summed E-state index contributed by atoms with van der Waals surface area (Å²) in [4.78, 5) is 38.1. The fourth-order valence-electron chi connectivity index (χ4n) is 3.51. The van der Waals surface area contributed by atoms with Crippen LogP contribution >= 0.6 is 15.9 Å². The number of hydrogen-bond donors (Lipinski definition) is 1. The van der Waals surface area contributed by atoms with Gasteiger partial charge in [-0.2, -0.15) is 0 Å². The first kappa shape index (κ1) is 24.5. The van der Waals surface area contributed by atoms with Gasteiger partial charge in [0.15, 0.2) is 0 Å². The largest absolute Gasteiger partial charge is 0.513 e. The summed E-state index contributed by atoms with van der Waals surface area (Å²) in [6.45, 7) is 3.78. The van der Waals surface area contributed by atoms with Crippen LogP contribution in [0.5, 0.6) is 5.75 Å². The Bertz CT molecular complexity index is 998. The van der Waals surface area contributed by atoms with Crippen LogP contribution in [-0.2, 0) is 9.53 Å². The predicted molar refractivity (Wildman–Crippen MR) is 129 cm³/mol. The van der Waals surface area contributed by atoms with Crippen LogP contribution in [0.3, 0.4) is 0 Å². The Morgan fingerprint density at radius 2 is 1.79 bits per heavy atom. The van der Waals surface area contributed by atoms with Crippen LogP contribution in [0.2, 0.25) is 0 Å². The first-order valence-electron chi connectivity index (χ1n) is 10.9. The minimum absolute atomic E-state index is 0.0588. The van der Waals surface area contributed by atoms with Gasteiger partial charge < -0.3 is 19.7 Å². The average Bonchev–Trinajstić information content (AvgIpc) is 2.83. The molecule has 0 aliphatic carbocycles. The molecule has 8 heteroatoms. The molecular formula is C25H27BrN2O5. The van der Waals surface area contributed by atoms with Crippen molar-refractivity contribution in [2.45, 2.75) is 19.8 Å². The number of halogens is 1. The van der Waals surface area contributed by atoms with Gasteiger partial charge in [-0.05, 0) is 67.7 Å². The fourth-order valence-corrected chi connectivity index (χ4v) is 3.93. The number of benzene rings is 2. The van der Waals surface area contributed by atoms with Crippen molar-refractivity contribution >= 4 is 40.0 Å². The van der Waals surface area contributed by atoms with E-state index in [2.05, 4.69) is 21.2 Å². The Kier molecular flexibility index (Phi) is 9.06. The lowest BCUT2D eigenvalue weighted by Crippen LogP contribution is -2.41. The van der Waals surface area contributed by atoms with Crippen LogP contribution in [0.4, 0.5) is 4.79 Å². The molecule has 1 fully saturated rings. The molecule has 2 aromatic carbocycles. The summed E-state index contributed by atoms with van der Waals surface area (Å²) >= 11 is 3.46. The molecule has 1 aliphatic rings. The first-order valence-corrected chi connectivity index (χ1v) is 11.7. The van der Waals surface area contributed by atoms with E-state index < -0.39 is 6.16 Å². The molecule has 33 heavy (non-hydrogen) atoms. The molecule has 0 bridgehead atoms. The Morgan fingerprint density at radius 1 is 1.09 bits per heavy atom. The average molecular weight is 515 g/mol. The number of rotatable bonds is 7. The van der Waals surface area contributed by atoms with E-state index in [4.69, 9.17) is 9.47 Å². The molecule has 3 rings (SSSR count). The van der Waals surface area contributed by atoms with E-state index in [1.807, 2.05) is 29.2 Å². The van der Waals surface area contributed by atoms with Gasteiger partial charge >= 0.3 is 6.16 Å². The summed E-state index contributed by atoms with van der Waals surface area (Å²) < 4.78 is 10.7. The van der Waals surface area contributed by atoms with Crippen molar-refractivity contribution in [2.24, 2.45) is 5.92 Å². The van der Waals surface area contributed by atoms with E-state index in [1.165, 1.54) is 6.08 Å². The second-order valence-corrected chi connectivity index (χ2v) is 8.50. The van der Waals surface area contributed by atoms with E-state index in [0.29, 0.717) is 36.9 Å². The van der Waals surface area contributed by atoms with Gasteiger partial charge in [-0.25, -0.2) is 4.79 Å². The molecule has 1 saturated heterocycles. The molecule has 0 aromatic heterocycles. The molecule has 174 valence electrons. The molecule has 1 N–H and O–H groups in total. The molecule has 0 spiro atoms. The van der Waals surface area contributed by atoms with E-state index in [9.17, 15) is 14.4 Å². The summed E-state index contributed by atoms with van der Waals surface area (Å²) in [5, 5.41) is 2.95. The molecule has 0 unspecified atom stereocenters. The van der Waals surface area contributed by atoms with Gasteiger partial charge in [0, 0.05) is 35.7 Å². The van der Waals surface area contributed by atoms with Crippen molar-refractivity contribution in [3.63, 3.8) is 0 Å². The second-order valence-electron chi connectivity index (χ2n) is 7.65. The topological polar surface area (TPSA) is 84.9 Å². The summed E-state index contributed by atoms with van der Waals surface area (Å²) in [5.41, 5.74) is 1.48. The highest BCUT2D eigenvalue weighted by Gasteiger charge is 2.24. The zero-order valence-electron chi connectivity index (χ0n) is 18.5. The molecular weight excluding hydrogens is 488 g/mol. The van der Waals surface area contributed by atoms with Gasteiger partial charge in [0.25, 0.3) is 5.91 Å². The Morgan fingerprint density at radius 3 is 2.45 bits per heavy atom. The van der Waals surface area contributed by atoms with Crippen LogP contribution in [0.1, 0.15) is 35.7 Å². The normalized spacial score (nSPS) is 14.2. The SMILES string of the molecule is CCOC(=O)Oc1ccc(C(=O)N2CCC(CNC(=O)/C=C/c3ccccc3Br)CC2)cc1. The van der Waals surface area contributed by atoms with Gasteiger partial charge in [0.1, 0.15) is 5.75 Å². The highest BCUT2D eigenvalue weighted by molar-refractivity contribution is 9.10. The van der Waals surface area contributed by atoms with Crippen molar-refractivity contribution in [1.29, 1.82) is 0 Å². The molecule has 0 saturated carbocycles. The van der Waals surface area contributed by atoms with E-state index in [-0.39, 0.29) is 18.4 Å². The van der Waals surface area contributed by atoms with Gasteiger partial charge in [-0.15, -0.1) is 0 Å². The van der Waals surface area contributed by atoms with Crippen LogP contribution in [0, 0.1) is 5.92 Å². The number of amides is 2. The molecule has 2 amide bonds. The molecule has 1 aliphatic heterocycles. The number of carbonyl (C=O) groups excluding carboxylic acids is 3. The second kappa shape index (κ2) is 12.2. The summed E-state index contributed by atoms with van der Waals surface area (Å²) in [5.74, 6) is 0.467. The molecule has 2 aromatic rings. The third-order valence-electron chi connectivity index (χ3n) is 5.35. The first-order chi connectivity index (χ1) is 16.0. The molecule has 7 nitrogen and oxygen atoms in total. The van der Waals surface area contributed by atoms with Crippen LogP contribution in [-0.4, -0.2) is 49.1 Å². The third-order valence-corrected chi connectivity index (χ3v) is 6.07. The Balaban J connectivity index is 1.42. The van der Waals surface area contributed by atoms with Crippen molar-refractivity contribution < 1.29 is 23.9 Å². The maximum absolute atomic E-state index is 12.8. The van der Waals surface area contributed by atoms with Crippen molar-refractivity contribution in [3.8, 4) is 5.75 Å². The van der Waals surface area contributed by atoms with Gasteiger partial charge in [0.05, 0.1) is 6.61 Å². The fraction of sp³-hybridized carbons (Fsp3) is 0.320. The number of nitrogens with zero attached hydrogens (tertiary/aromatic N) is 1. The third kappa shape index (κ3) is 7.46. The lowest BCUT2D eigenvalue weighted by Gasteiger charge is -2.32. The highest BCUT2D eigenvalue weighted by Crippen LogP contribution is 2.20. The molecule has 1 heterocycles. The summed E-state index contributed by atoms with van der Waals surface area (Å²) in [7, 11) is 0. The zero-order valence-corrected chi connectivity index (χ0v) is 20.0. The maximum Gasteiger partial charge on any atom is 0.513 e. The number of likely N-dealkylation sites (tertiary alicyclic amines) is 1. The van der Waals surface area contributed by atoms with Crippen molar-refractivity contribution in [1.82, 2.24) is 10.2 Å². The lowest BCUT2D eigenvalue weighted by atomic mass is 9.96. The quantitative estimate of drug-likeness (QED) is 0.329. The summed E-state index contributed by atoms with van der Waals surface area (Å²) in [6.07, 6.45) is 4.19. The number of carbonyl (C=O) groups is 3. The Hall–Kier alpha value is -3.13. The van der Waals surface area contributed by atoms with Gasteiger partial charge in [-0.3, -0.25) is 9.59 Å². The van der Waals surface area contributed by atoms with E-state index >= 15 is 0 Å². The highest BCUT2D eigenvalue weighted by atomic mass is 79.9. The molecule has 0 atom stereocenters. The number of ether oxygens (including phenoxy) is 2. The number of piperidine rings is 1. The van der Waals surface area contributed by atoms with Gasteiger partial charge in [0.2, 0.25) is 5.91 Å². The van der Waals surface area contributed by atoms with Crippen LogP contribution < -0.4 is 10.1 Å². The van der Waals surface area contributed by atoms with Gasteiger partial charge in [-0.1, -0.05) is 34.1 Å². The number of hydrogen-bond acceptors (Lipinski definition) is 5. The van der Waals surface area contributed by atoms with E-state index in [0.717, 1.165) is 22.9 Å². The standard InChI is InChI=1S/C25H27BrN2O5/c1-2-32-25(31)33-21-10-7-20(8-11-21)24(30)28-15-13-18(14-16-28)17-27-23(29)12-9-19-5-3-4-6-22(19)26/h3-12,18H,2,13-17H2,1H3,(H,27,29)/b12-9+. The minimum atomic E-state index is -0.769. The lowest BCUT2D eigenvalue weighted by molar-refractivity contribution is -0.116. The minimum Gasteiger partial charge on any atom is -0.434 e. The summed E-state index contributed by atoms with van der Waals surface area (Å²) in [6, 6.07) is 14.1. The zero-order chi connectivity index (χ0) is 23.6.